The quantitative estimate of drug-likeness (QED) is 0.152. The van der Waals surface area contributed by atoms with E-state index >= 15 is 0 Å². The molecule has 4 aromatic rings. The molecule has 0 saturated carbocycles. The Morgan fingerprint density at radius 1 is 0.872 bits per heavy atom. The Labute approximate surface area is 283 Å². The Morgan fingerprint density at radius 3 is 2.19 bits per heavy atom. The molecule has 10 heteroatoms. The maximum Gasteiger partial charge on any atom is 0.264 e. The van der Waals surface area contributed by atoms with Crippen molar-refractivity contribution in [3.8, 4) is 5.75 Å². The van der Waals surface area contributed by atoms with Crippen LogP contribution in [0.3, 0.4) is 0 Å². The van der Waals surface area contributed by atoms with Crippen LogP contribution in [0.5, 0.6) is 5.75 Å². The lowest BCUT2D eigenvalue weighted by Crippen LogP contribution is -2.53. The van der Waals surface area contributed by atoms with E-state index in [2.05, 4.69) is 5.32 Å². The number of benzene rings is 4. The second-order valence-corrected chi connectivity index (χ2v) is 14.0. The molecule has 4 rings (SSSR count). The predicted molar refractivity (Wildman–Crippen MR) is 187 cm³/mol. The summed E-state index contributed by atoms with van der Waals surface area (Å²) >= 11 is 6.09. The largest absolute Gasteiger partial charge is 0.492 e. The fraction of sp³-hybridized carbons (Fsp3) is 0.297. The SMILES string of the molecule is CCOc1ccccc1N(CC(=O)N(Cc1cccc(C)c1)[C@@H](Cc1ccccc1)C(=O)NCC(C)C)S(=O)(=O)c1ccc(Cl)cc1. The van der Waals surface area contributed by atoms with Gasteiger partial charge in [0.1, 0.15) is 18.3 Å². The number of halogens is 1. The number of hydrogen-bond acceptors (Lipinski definition) is 5. The number of carbonyl (C=O) groups is 2. The van der Waals surface area contributed by atoms with Crippen LogP contribution in [0.4, 0.5) is 5.69 Å². The van der Waals surface area contributed by atoms with Crippen molar-refractivity contribution >= 4 is 39.1 Å². The van der Waals surface area contributed by atoms with Crippen molar-refractivity contribution in [2.75, 3.05) is 24.0 Å². The van der Waals surface area contributed by atoms with E-state index in [9.17, 15) is 18.0 Å². The lowest BCUT2D eigenvalue weighted by Gasteiger charge is -2.34. The van der Waals surface area contributed by atoms with Crippen molar-refractivity contribution in [1.29, 1.82) is 0 Å². The van der Waals surface area contributed by atoms with Gasteiger partial charge in [-0.05, 0) is 67.3 Å². The zero-order valence-electron chi connectivity index (χ0n) is 27.2. The van der Waals surface area contributed by atoms with Crippen LogP contribution in [0.15, 0.2) is 108 Å². The Morgan fingerprint density at radius 2 is 1.53 bits per heavy atom. The van der Waals surface area contributed by atoms with Gasteiger partial charge in [0.05, 0.1) is 17.2 Å². The van der Waals surface area contributed by atoms with Crippen LogP contribution < -0.4 is 14.4 Å². The molecule has 0 unspecified atom stereocenters. The molecule has 2 amide bonds. The minimum atomic E-state index is -4.30. The third-order valence-electron chi connectivity index (χ3n) is 7.51. The van der Waals surface area contributed by atoms with Gasteiger partial charge in [-0.15, -0.1) is 0 Å². The van der Waals surface area contributed by atoms with Crippen molar-refractivity contribution in [3.63, 3.8) is 0 Å². The molecule has 248 valence electrons. The lowest BCUT2D eigenvalue weighted by molar-refractivity contribution is -0.140. The Kier molecular flexibility index (Phi) is 12.4. The second-order valence-electron chi connectivity index (χ2n) is 11.7. The molecule has 0 aliphatic rings. The van der Waals surface area contributed by atoms with Crippen molar-refractivity contribution in [2.24, 2.45) is 5.92 Å². The molecule has 1 N–H and O–H groups in total. The number of sulfonamides is 1. The first-order valence-corrected chi connectivity index (χ1v) is 17.5. The average molecular weight is 676 g/mol. The highest BCUT2D eigenvalue weighted by Gasteiger charge is 2.35. The maximum absolute atomic E-state index is 14.7. The molecule has 0 bridgehead atoms. The molecule has 0 spiro atoms. The third kappa shape index (κ3) is 9.59. The molecule has 0 fully saturated rings. The first kappa shape index (κ1) is 35.5. The minimum Gasteiger partial charge on any atom is -0.492 e. The van der Waals surface area contributed by atoms with E-state index in [0.717, 1.165) is 21.0 Å². The van der Waals surface area contributed by atoms with Gasteiger partial charge in [-0.3, -0.25) is 13.9 Å². The van der Waals surface area contributed by atoms with E-state index in [1.54, 1.807) is 31.2 Å². The van der Waals surface area contributed by atoms with Crippen LogP contribution in [-0.4, -0.2) is 50.9 Å². The highest BCUT2D eigenvalue weighted by molar-refractivity contribution is 7.92. The topological polar surface area (TPSA) is 96.0 Å². The van der Waals surface area contributed by atoms with Gasteiger partial charge in [-0.25, -0.2) is 8.42 Å². The number of nitrogens with zero attached hydrogens (tertiary/aromatic N) is 2. The normalized spacial score (nSPS) is 12.0. The first-order chi connectivity index (χ1) is 22.5. The standard InChI is InChI=1S/C37H42ClN3O5S/c1-5-46-35-17-10-9-16-33(35)41(47(44,45)32-20-18-31(38)19-21-32)26-36(42)40(25-30-15-11-12-28(4)22-30)34(37(43)39-24-27(2)3)23-29-13-7-6-8-14-29/h6-22,27,34H,5,23-26H2,1-4H3,(H,39,43)/t34-/m0/s1. The number of anilines is 1. The molecule has 0 aliphatic heterocycles. The highest BCUT2D eigenvalue weighted by Crippen LogP contribution is 2.33. The van der Waals surface area contributed by atoms with Gasteiger partial charge in [-0.2, -0.15) is 0 Å². The van der Waals surface area contributed by atoms with Crippen LogP contribution in [-0.2, 0) is 32.6 Å². The van der Waals surface area contributed by atoms with Crippen molar-refractivity contribution in [2.45, 2.75) is 51.6 Å². The van der Waals surface area contributed by atoms with E-state index in [1.807, 2.05) is 75.4 Å². The van der Waals surface area contributed by atoms with E-state index in [0.29, 0.717) is 17.3 Å². The summed E-state index contributed by atoms with van der Waals surface area (Å²) in [5.41, 5.74) is 2.88. The number of amides is 2. The van der Waals surface area contributed by atoms with Gasteiger partial charge in [0.25, 0.3) is 10.0 Å². The van der Waals surface area contributed by atoms with Crippen molar-refractivity contribution in [3.05, 3.63) is 125 Å². The van der Waals surface area contributed by atoms with Gasteiger partial charge >= 0.3 is 0 Å². The van der Waals surface area contributed by atoms with Gasteiger partial charge < -0.3 is 15.0 Å². The van der Waals surface area contributed by atoms with E-state index < -0.39 is 28.5 Å². The Balaban J connectivity index is 1.83. The molecule has 0 heterocycles. The number of hydrogen-bond donors (Lipinski definition) is 1. The molecule has 1 atom stereocenters. The molecular weight excluding hydrogens is 634 g/mol. The second kappa shape index (κ2) is 16.5. The summed E-state index contributed by atoms with van der Waals surface area (Å²) in [6, 6.07) is 28.7. The van der Waals surface area contributed by atoms with Gasteiger partial charge in [0.15, 0.2) is 0 Å². The van der Waals surface area contributed by atoms with Crippen LogP contribution in [0.1, 0.15) is 37.5 Å². The Hall–Kier alpha value is -4.34. The van der Waals surface area contributed by atoms with E-state index in [-0.39, 0.29) is 42.0 Å². The van der Waals surface area contributed by atoms with E-state index in [4.69, 9.17) is 16.3 Å². The smallest absolute Gasteiger partial charge is 0.264 e. The van der Waals surface area contributed by atoms with Gasteiger partial charge in [-0.1, -0.05) is 97.7 Å². The predicted octanol–water partition coefficient (Wildman–Crippen LogP) is 6.65. The van der Waals surface area contributed by atoms with Crippen LogP contribution in [0.2, 0.25) is 5.02 Å². The fourth-order valence-corrected chi connectivity index (χ4v) is 6.72. The molecular formula is C37H42ClN3O5S. The van der Waals surface area contributed by atoms with Gasteiger partial charge in [0.2, 0.25) is 11.8 Å². The lowest BCUT2D eigenvalue weighted by atomic mass is 10.0. The number of para-hydroxylation sites is 2. The Bertz CT molecular complexity index is 1750. The summed E-state index contributed by atoms with van der Waals surface area (Å²) in [5, 5.41) is 3.39. The van der Waals surface area contributed by atoms with Crippen molar-refractivity contribution < 1.29 is 22.7 Å². The fourth-order valence-electron chi connectivity index (χ4n) is 5.17. The van der Waals surface area contributed by atoms with Crippen LogP contribution in [0.25, 0.3) is 0 Å². The molecule has 8 nitrogen and oxygen atoms in total. The highest BCUT2D eigenvalue weighted by atomic mass is 35.5. The monoisotopic (exact) mass is 675 g/mol. The maximum atomic E-state index is 14.7. The summed E-state index contributed by atoms with van der Waals surface area (Å²) in [5.74, 6) is -0.366. The number of carbonyl (C=O) groups excluding carboxylic acids is 2. The summed E-state index contributed by atoms with van der Waals surface area (Å²) < 4.78 is 35.5. The van der Waals surface area contributed by atoms with Gasteiger partial charge in [0, 0.05) is 24.5 Å². The molecule has 4 aromatic carbocycles. The third-order valence-corrected chi connectivity index (χ3v) is 9.53. The van der Waals surface area contributed by atoms with Crippen molar-refractivity contribution in [1.82, 2.24) is 10.2 Å². The minimum absolute atomic E-state index is 0.0400. The number of ether oxygens (including phenoxy) is 1. The first-order valence-electron chi connectivity index (χ1n) is 15.7. The summed E-state index contributed by atoms with van der Waals surface area (Å²) in [4.78, 5) is 30.1. The zero-order chi connectivity index (χ0) is 34.0. The molecule has 47 heavy (non-hydrogen) atoms. The number of nitrogens with one attached hydrogen (secondary N) is 1. The number of rotatable bonds is 15. The summed E-state index contributed by atoms with van der Waals surface area (Å²) in [6.45, 7) is 7.97. The molecule has 0 saturated heterocycles. The zero-order valence-corrected chi connectivity index (χ0v) is 28.8. The molecule has 0 aromatic heterocycles. The number of aryl methyl sites for hydroxylation is 1. The molecule has 0 aliphatic carbocycles. The molecule has 0 radical (unpaired) electrons. The van der Waals surface area contributed by atoms with Crippen LogP contribution >= 0.6 is 11.6 Å². The summed E-state index contributed by atoms with van der Waals surface area (Å²) in [7, 11) is -4.30. The average Bonchev–Trinajstić information content (AvgIpc) is 3.05. The van der Waals surface area contributed by atoms with E-state index in [1.165, 1.54) is 29.2 Å². The van der Waals surface area contributed by atoms with Crippen LogP contribution in [0, 0.1) is 12.8 Å². The summed E-state index contributed by atoms with van der Waals surface area (Å²) in [6.07, 6.45) is 0.238.